The lowest BCUT2D eigenvalue weighted by Crippen LogP contribution is -2.14. The lowest BCUT2D eigenvalue weighted by atomic mass is 10.1. The monoisotopic (exact) mass is 270 g/mol. The summed E-state index contributed by atoms with van der Waals surface area (Å²) in [6.07, 6.45) is 0. The number of aromatic nitrogens is 2. The zero-order valence-corrected chi connectivity index (χ0v) is 10.0. The molecule has 0 fully saturated rings. The third-order valence-electron chi connectivity index (χ3n) is 2.08. The van der Waals surface area contributed by atoms with E-state index in [4.69, 9.17) is 5.73 Å². The first-order chi connectivity index (χ1) is 8.47. The molecular formula is C10H8F2N4OS. The van der Waals surface area contributed by atoms with Crippen molar-refractivity contribution in [3.05, 3.63) is 34.3 Å². The number of amides is 1. The van der Waals surface area contributed by atoms with E-state index in [0.717, 1.165) is 17.4 Å². The summed E-state index contributed by atoms with van der Waals surface area (Å²) in [6, 6.07) is 1.50. The van der Waals surface area contributed by atoms with E-state index in [1.54, 1.807) is 6.92 Å². The predicted molar refractivity (Wildman–Crippen MR) is 63.4 cm³/mol. The maximum Gasteiger partial charge on any atom is 0.260 e. The molecule has 94 valence electrons. The number of benzene rings is 1. The summed E-state index contributed by atoms with van der Waals surface area (Å²) in [7, 11) is 0. The van der Waals surface area contributed by atoms with Crippen LogP contribution in [0.15, 0.2) is 12.1 Å². The summed E-state index contributed by atoms with van der Waals surface area (Å²) < 4.78 is 26.3. The van der Waals surface area contributed by atoms with E-state index in [0.29, 0.717) is 11.1 Å². The van der Waals surface area contributed by atoms with E-state index in [-0.39, 0.29) is 16.4 Å². The Bertz CT molecular complexity index is 614. The standard InChI is InChI=1S/C10H8F2N4OS/c1-4-15-16-10(18-4)14-9(17)5-2-8(13)7(12)3-6(5)11/h2-3H,13H2,1H3,(H,14,16,17). The Morgan fingerprint density at radius 2 is 2.06 bits per heavy atom. The Morgan fingerprint density at radius 3 is 2.67 bits per heavy atom. The van der Waals surface area contributed by atoms with Gasteiger partial charge in [-0.3, -0.25) is 10.1 Å². The van der Waals surface area contributed by atoms with Crippen LogP contribution in [0.5, 0.6) is 0 Å². The Kier molecular flexibility index (Phi) is 3.19. The summed E-state index contributed by atoms with van der Waals surface area (Å²) in [5.41, 5.74) is 4.64. The molecule has 0 radical (unpaired) electrons. The molecule has 1 aromatic heterocycles. The second-order valence-corrected chi connectivity index (χ2v) is 4.62. The smallest absolute Gasteiger partial charge is 0.260 e. The molecule has 0 unspecified atom stereocenters. The highest BCUT2D eigenvalue weighted by Crippen LogP contribution is 2.19. The van der Waals surface area contributed by atoms with Crippen LogP contribution in [0.25, 0.3) is 0 Å². The van der Waals surface area contributed by atoms with Gasteiger partial charge in [0.15, 0.2) is 0 Å². The van der Waals surface area contributed by atoms with Gasteiger partial charge in [0.25, 0.3) is 5.91 Å². The lowest BCUT2D eigenvalue weighted by molar-refractivity contribution is 0.102. The van der Waals surface area contributed by atoms with Crippen LogP contribution >= 0.6 is 11.3 Å². The molecule has 0 atom stereocenters. The second-order valence-electron chi connectivity index (χ2n) is 3.43. The van der Waals surface area contributed by atoms with E-state index in [2.05, 4.69) is 15.5 Å². The minimum absolute atomic E-state index is 0.236. The van der Waals surface area contributed by atoms with Gasteiger partial charge in [-0.05, 0) is 13.0 Å². The Morgan fingerprint density at radius 1 is 1.33 bits per heavy atom. The highest BCUT2D eigenvalue weighted by atomic mass is 32.1. The molecule has 3 N–H and O–H groups in total. The van der Waals surface area contributed by atoms with E-state index in [1.807, 2.05) is 0 Å². The van der Waals surface area contributed by atoms with E-state index >= 15 is 0 Å². The molecule has 0 bridgehead atoms. The highest BCUT2D eigenvalue weighted by Gasteiger charge is 2.16. The van der Waals surface area contributed by atoms with Crippen LogP contribution in [-0.4, -0.2) is 16.1 Å². The maximum atomic E-state index is 13.4. The first-order valence-corrected chi connectivity index (χ1v) is 5.65. The molecule has 1 amide bonds. The largest absolute Gasteiger partial charge is 0.396 e. The number of halogens is 2. The Labute approximate surface area is 105 Å². The van der Waals surface area contributed by atoms with Gasteiger partial charge in [-0.1, -0.05) is 11.3 Å². The van der Waals surface area contributed by atoms with Gasteiger partial charge in [-0.15, -0.1) is 10.2 Å². The number of hydrogen-bond acceptors (Lipinski definition) is 5. The van der Waals surface area contributed by atoms with Crippen LogP contribution in [0.1, 0.15) is 15.4 Å². The second kappa shape index (κ2) is 4.65. The van der Waals surface area contributed by atoms with Crippen molar-refractivity contribution in [2.45, 2.75) is 6.92 Å². The number of nitrogen functional groups attached to an aromatic ring is 1. The van der Waals surface area contributed by atoms with Gasteiger partial charge in [0, 0.05) is 6.07 Å². The number of nitrogens with one attached hydrogen (secondary N) is 1. The summed E-state index contributed by atoms with van der Waals surface area (Å²) in [5.74, 6) is -2.65. The van der Waals surface area contributed by atoms with Crippen molar-refractivity contribution >= 4 is 28.1 Å². The molecule has 2 aromatic rings. The van der Waals surface area contributed by atoms with Crippen LogP contribution in [0.2, 0.25) is 0 Å². The topological polar surface area (TPSA) is 80.9 Å². The molecule has 0 aliphatic rings. The third kappa shape index (κ3) is 2.43. The van der Waals surface area contributed by atoms with Crippen molar-refractivity contribution in [3.63, 3.8) is 0 Å². The number of carbonyl (C=O) groups excluding carboxylic acids is 1. The van der Waals surface area contributed by atoms with Crippen molar-refractivity contribution in [1.29, 1.82) is 0 Å². The van der Waals surface area contributed by atoms with Crippen molar-refractivity contribution in [2.24, 2.45) is 0 Å². The SMILES string of the molecule is Cc1nnc(NC(=O)c2cc(N)c(F)cc2F)s1. The molecule has 0 aliphatic heterocycles. The molecule has 0 saturated carbocycles. The molecule has 0 aliphatic carbocycles. The minimum atomic E-state index is -0.986. The molecule has 2 rings (SSSR count). The summed E-state index contributed by atoms with van der Waals surface area (Å²) in [6.45, 7) is 1.71. The van der Waals surface area contributed by atoms with Crippen molar-refractivity contribution in [2.75, 3.05) is 11.1 Å². The van der Waals surface area contributed by atoms with Crippen LogP contribution in [0.4, 0.5) is 19.6 Å². The van der Waals surface area contributed by atoms with Gasteiger partial charge in [-0.25, -0.2) is 8.78 Å². The zero-order chi connectivity index (χ0) is 13.3. The van der Waals surface area contributed by atoms with Gasteiger partial charge in [0.05, 0.1) is 11.3 Å². The average Bonchev–Trinajstić information content (AvgIpc) is 2.69. The number of carbonyl (C=O) groups is 1. The first-order valence-electron chi connectivity index (χ1n) is 4.83. The first kappa shape index (κ1) is 12.4. The fourth-order valence-corrected chi connectivity index (χ4v) is 1.84. The minimum Gasteiger partial charge on any atom is -0.396 e. The van der Waals surface area contributed by atoms with Crippen LogP contribution < -0.4 is 11.1 Å². The summed E-state index contributed by atoms with van der Waals surface area (Å²) in [5, 5.41) is 10.6. The van der Waals surface area contributed by atoms with Gasteiger partial charge >= 0.3 is 0 Å². The quantitative estimate of drug-likeness (QED) is 0.817. The van der Waals surface area contributed by atoms with Crippen molar-refractivity contribution < 1.29 is 13.6 Å². The molecule has 0 saturated heterocycles. The molecule has 18 heavy (non-hydrogen) atoms. The number of aryl methyl sites for hydroxylation is 1. The molecule has 8 heteroatoms. The van der Waals surface area contributed by atoms with Gasteiger partial charge in [0.1, 0.15) is 16.6 Å². The number of hydrogen-bond donors (Lipinski definition) is 2. The number of rotatable bonds is 2. The number of nitrogens with two attached hydrogens (primary N) is 1. The average molecular weight is 270 g/mol. The van der Waals surface area contributed by atoms with Crippen LogP contribution in [0.3, 0.4) is 0 Å². The molecule has 0 spiro atoms. The fourth-order valence-electron chi connectivity index (χ4n) is 1.25. The third-order valence-corrected chi connectivity index (χ3v) is 2.83. The predicted octanol–water partition coefficient (Wildman–Crippen LogP) is 1.96. The summed E-state index contributed by atoms with van der Waals surface area (Å²) >= 11 is 1.14. The van der Waals surface area contributed by atoms with Crippen LogP contribution in [0, 0.1) is 18.6 Å². The maximum absolute atomic E-state index is 13.4. The molecule has 5 nitrogen and oxygen atoms in total. The highest BCUT2D eigenvalue weighted by molar-refractivity contribution is 7.15. The molecular weight excluding hydrogens is 262 g/mol. The van der Waals surface area contributed by atoms with Gasteiger partial charge in [0.2, 0.25) is 5.13 Å². The van der Waals surface area contributed by atoms with Gasteiger partial charge in [-0.2, -0.15) is 0 Å². The van der Waals surface area contributed by atoms with E-state index < -0.39 is 17.5 Å². The Balaban J connectivity index is 2.26. The van der Waals surface area contributed by atoms with Gasteiger partial charge < -0.3 is 5.73 Å². The molecule has 1 heterocycles. The number of anilines is 2. The van der Waals surface area contributed by atoms with Crippen LogP contribution in [-0.2, 0) is 0 Å². The normalized spacial score (nSPS) is 10.4. The van der Waals surface area contributed by atoms with Crippen molar-refractivity contribution in [1.82, 2.24) is 10.2 Å². The molecule has 1 aromatic carbocycles. The fraction of sp³-hybridized carbons (Fsp3) is 0.100. The van der Waals surface area contributed by atoms with E-state index in [9.17, 15) is 13.6 Å². The number of nitrogens with zero attached hydrogens (tertiary/aromatic N) is 2. The van der Waals surface area contributed by atoms with E-state index in [1.165, 1.54) is 0 Å². The Hall–Kier alpha value is -2.09. The zero-order valence-electron chi connectivity index (χ0n) is 9.20. The lowest BCUT2D eigenvalue weighted by Gasteiger charge is -2.04. The summed E-state index contributed by atoms with van der Waals surface area (Å²) in [4.78, 5) is 11.7. The van der Waals surface area contributed by atoms with Crippen molar-refractivity contribution in [3.8, 4) is 0 Å².